The average Bonchev–Trinajstić information content (AvgIpc) is 2.44. The maximum atomic E-state index is 14.9. The Bertz CT molecular complexity index is 559. The van der Waals surface area contributed by atoms with Crippen LogP contribution in [-0.4, -0.2) is 6.54 Å². The van der Waals surface area contributed by atoms with Crippen molar-refractivity contribution < 1.29 is 8.78 Å². The molecular weight excluding hydrogens is 268 g/mol. The lowest BCUT2D eigenvalue weighted by atomic mass is 9.89. The average molecular weight is 282 g/mol. The number of benzene rings is 2. The molecule has 1 unspecified atom stereocenters. The Balaban J connectivity index is 2.36. The van der Waals surface area contributed by atoms with E-state index in [1.165, 1.54) is 18.2 Å². The molecule has 1 nitrogen and oxygen atoms in total. The highest BCUT2D eigenvalue weighted by Crippen LogP contribution is 2.31. The Morgan fingerprint density at radius 3 is 2.42 bits per heavy atom. The molecule has 2 aromatic carbocycles. The fraction of sp³-hybridized carbons (Fsp3) is 0.200. The van der Waals surface area contributed by atoms with E-state index in [2.05, 4.69) is 0 Å². The van der Waals surface area contributed by atoms with Gasteiger partial charge in [0.15, 0.2) is 5.67 Å². The first-order valence-corrected chi connectivity index (χ1v) is 6.31. The second kappa shape index (κ2) is 5.68. The summed E-state index contributed by atoms with van der Waals surface area (Å²) in [6, 6.07) is 12.7. The zero-order chi connectivity index (χ0) is 13.9. The van der Waals surface area contributed by atoms with Gasteiger partial charge in [-0.25, -0.2) is 8.78 Å². The molecule has 0 aliphatic heterocycles. The van der Waals surface area contributed by atoms with Gasteiger partial charge >= 0.3 is 0 Å². The molecule has 0 aromatic heterocycles. The minimum Gasteiger partial charge on any atom is -0.327 e. The van der Waals surface area contributed by atoms with Crippen LogP contribution in [0.3, 0.4) is 0 Å². The summed E-state index contributed by atoms with van der Waals surface area (Å²) in [6.45, 7) is -0.219. The molecule has 2 N–H and O–H groups in total. The van der Waals surface area contributed by atoms with Crippen molar-refractivity contribution in [2.75, 3.05) is 6.54 Å². The van der Waals surface area contributed by atoms with E-state index >= 15 is 0 Å². The Hall–Kier alpha value is -1.45. The zero-order valence-corrected chi connectivity index (χ0v) is 11.0. The summed E-state index contributed by atoms with van der Waals surface area (Å²) >= 11 is 5.81. The smallest absolute Gasteiger partial charge is 0.152 e. The van der Waals surface area contributed by atoms with Crippen LogP contribution in [0.15, 0.2) is 48.5 Å². The zero-order valence-electron chi connectivity index (χ0n) is 10.2. The standard InChI is InChI=1S/C15H14ClF2N/c16-13-6-7-14(17)11(8-13)9-15(18,10-19)12-4-2-1-3-5-12/h1-8H,9-10,19H2. The number of nitrogens with two attached hydrogens (primary N) is 1. The summed E-state index contributed by atoms with van der Waals surface area (Å²) < 4.78 is 28.6. The first kappa shape index (κ1) is 14.0. The minimum absolute atomic E-state index is 0.139. The fourth-order valence-corrected chi connectivity index (χ4v) is 2.20. The third-order valence-electron chi connectivity index (χ3n) is 3.09. The van der Waals surface area contributed by atoms with E-state index in [1.807, 2.05) is 0 Å². The summed E-state index contributed by atoms with van der Waals surface area (Å²) in [5.74, 6) is -0.476. The summed E-state index contributed by atoms with van der Waals surface area (Å²) in [7, 11) is 0. The van der Waals surface area contributed by atoms with E-state index in [9.17, 15) is 8.78 Å². The van der Waals surface area contributed by atoms with Gasteiger partial charge in [0, 0.05) is 18.0 Å². The molecule has 2 rings (SSSR count). The SMILES string of the molecule is NCC(F)(Cc1cc(Cl)ccc1F)c1ccccc1. The second-order valence-corrected chi connectivity index (χ2v) is 4.88. The van der Waals surface area contributed by atoms with Gasteiger partial charge in [0.1, 0.15) is 5.82 Å². The molecule has 100 valence electrons. The van der Waals surface area contributed by atoms with Crippen LogP contribution < -0.4 is 5.73 Å². The van der Waals surface area contributed by atoms with Crippen LogP contribution in [0, 0.1) is 5.82 Å². The van der Waals surface area contributed by atoms with Gasteiger partial charge in [-0.05, 0) is 29.3 Å². The maximum Gasteiger partial charge on any atom is 0.152 e. The molecule has 2 aromatic rings. The Kier molecular flexibility index (Phi) is 4.17. The highest BCUT2D eigenvalue weighted by molar-refractivity contribution is 6.30. The molecule has 19 heavy (non-hydrogen) atoms. The van der Waals surface area contributed by atoms with Gasteiger partial charge in [-0.15, -0.1) is 0 Å². The molecule has 0 fully saturated rings. The van der Waals surface area contributed by atoms with E-state index < -0.39 is 11.5 Å². The van der Waals surface area contributed by atoms with E-state index in [0.717, 1.165) is 0 Å². The van der Waals surface area contributed by atoms with Gasteiger partial charge in [-0.3, -0.25) is 0 Å². The van der Waals surface area contributed by atoms with Gasteiger partial charge in [0.2, 0.25) is 0 Å². The van der Waals surface area contributed by atoms with Crippen molar-refractivity contribution in [3.63, 3.8) is 0 Å². The molecule has 0 aliphatic rings. The Labute approximate surface area is 116 Å². The van der Waals surface area contributed by atoms with Crippen molar-refractivity contribution in [2.45, 2.75) is 12.1 Å². The van der Waals surface area contributed by atoms with Crippen molar-refractivity contribution in [1.82, 2.24) is 0 Å². The maximum absolute atomic E-state index is 14.9. The van der Waals surface area contributed by atoms with E-state index in [4.69, 9.17) is 17.3 Å². The normalized spacial score (nSPS) is 14.1. The van der Waals surface area contributed by atoms with Gasteiger partial charge in [-0.1, -0.05) is 41.9 Å². The fourth-order valence-electron chi connectivity index (χ4n) is 2.01. The predicted octanol–water partition coefficient (Wildman–Crippen LogP) is 3.85. The molecule has 0 bridgehead atoms. The lowest BCUT2D eigenvalue weighted by Gasteiger charge is -2.24. The molecule has 0 heterocycles. The molecule has 0 amide bonds. The summed E-state index contributed by atoms with van der Waals surface area (Å²) in [6.07, 6.45) is -0.139. The number of halogens is 3. The predicted molar refractivity (Wildman–Crippen MR) is 73.4 cm³/mol. The van der Waals surface area contributed by atoms with E-state index in [-0.39, 0.29) is 18.5 Å². The summed E-state index contributed by atoms with van der Waals surface area (Å²) in [5.41, 5.74) is 4.41. The van der Waals surface area contributed by atoms with Crippen LogP contribution in [0.25, 0.3) is 0 Å². The number of hydrogen-bond acceptors (Lipinski definition) is 1. The molecule has 4 heteroatoms. The lowest BCUT2D eigenvalue weighted by molar-refractivity contribution is 0.173. The molecule has 0 aliphatic carbocycles. The van der Waals surface area contributed by atoms with Crippen molar-refractivity contribution >= 4 is 11.6 Å². The van der Waals surface area contributed by atoms with Crippen LogP contribution in [-0.2, 0) is 12.1 Å². The third kappa shape index (κ3) is 3.11. The number of rotatable bonds is 4. The Morgan fingerprint density at radius 1 is 1.11 bits per heavy atom. The van der Waals surface area contributed by atoms with Crippen LogP contribution in [0.2, 0.25) is 5.02 Å². The largest absolute Gasteiger partial charge is 0.327 e. The molecule has 0 spiro atoms. The highest BCUT2D eigenvalue weighted by atomic mass is 35.5. The monoisotopic (exact) mass is 281 g/mol. The van der Waals surface area contributed by atoms with Gasteiger partial charge in [0.05, 0.1) is 0 Å². The molecule has 1 atom stereocenters. The molecule has 0 saturated heterocycles. The van der Waals surface area contributed by atoms with Crippen LogP contribution in [0.1, 0.15) is 11.1 Å². The summed E-state index contributed by atoms with van der Waals surface area (Å²) in [4.78, 5) is 0. The van der Waals surface area contributed by atoms with Gasteiger partial charge < -0.3 is 5.73 Å². The van der Waals surface area contributed by atoms with Crippen LogP contribution in [0.5, 0.6) is 0 Å². The molecule has 0 radical (unpaired) electrons. The number of alkyl halides is 1. The van der Waals surface area contributed by atoms with Crippen molar-refractivity contribution in [1.29, 1.82) is 0 Å². The molecular formula is C15H14ClF2N. The van der Waals surface area contributed by atoms with Crippen molar-refractivity contribution in [3.05, 3.63) is 70.5 Å². The topological polar surface area (TPSA) is 26.0 Å². The van der Waals surface area contributed by atoms with Gasteiger partial charge in [-0.2, -0.15) is 0 Å². The third-order valence-corrected chi connectivity index (χ3v) is 3.33. The second-order valence-electron chi connectivity index (χ2n) is 4.45. The first-order valence-electron chi connectivity index (χ1n) is 5.93. The van der Waals surface area contributed by atoms with E-state index in [0.29, 0.717) is 10.6 Å². The summed E-state index contributed by atoms with van der Waals surface area (Å²) in [5, 5.41) is 0.379. The van der Waals surface area contributed by atoms with Crippen molar-refractivity contribution in [2.24, 2.45) is 5.73 Å². The molecule has 0 saturated carbocycles. The van der Waals surface area contributed by atoms with E-state index in [1.54, 1.807) is 30.3 Å². The first-order chi connectivity index (χ1) is 9.05. The van der Waals surface area contributed by atoms with Gasteiger partial charge in [0.25, 0.3) is 0 Å². The Morgan fingerprint density at radius 2 is 1.79 bits per heavy atom. The van der Waals surface area contributed by atoms with Crippen molar-refractivity contribution in [3.8, 4) is 0 Å². The quantitative estimate of drug-likeness (QED) is 0.905. The van der Waals surface area contributed by atoms with Crippen LogP contribution in [0.4, 0.5) is 8.78 Å². The lowest BCUT2D eigenvalue weighted by Crippen LogP contribution is -2.33. The minimum atomic E-state index is -1.80. The van der Waals surface area contributed by atoms with Crippen LogP contribution >= 0.6 is 11.6 Å². The highest BCUT2D eigenvalue weighted by Gasteiger charge is 2.31. The number of hydrogen-bond donors (Lipinski definition) is 1.